The van der Waals surface area contributed by atoms with Gasteiger partial charge in [0.25, 0.3) is 0 Å². The van der Waals surface area contributed by atoms with Crippen LogP contribution in [0.4, 0.5) is 8.78 Å². The molecule has 1 aromatic carbocycles. The number of aliphatic imine (C=N–C) groups is 1. The summed E-state index contributed by atoms with van der Waals surface area (Å²) in [5.74, 6) is 0.950. The third-order valence-electron chi connectivity index (χ3n) is 3.61. The van der Waals surface area contributed by atoms with Gasteiger partial charge in [-0.15, -0.1) is 0 Å². The van der Waals surface area contributed by atoms with E-state index in [4.69, 9.17) is 4.74 Å². The third kappa shape index (κ3) is 7.05. The number of hydrogen-bond acceptors (Lipinski definition) is 4. The van der Waals surface area contributed by atoms with E-state index in [1.54, 1.807) is 36.5 Å². The van der Waals surface area contributed by atoms with Gasteiger partial charge in [-0.25, -0.2) is 4.99 Å². The van der Waals surface area contributed by atoms with Crippen molar-refractivity contribution in [2.75, 3.05) is 19.7 Å². The lowest BCUT2D eigenvalue weighted by molar-refractivity contribution is -0.0520. The van der Waals surface area contributed by atoms with Crippen molar-refractivity contribution in [1.29, 1.82) is 0 Å². The molecule has 2 rings (SSSR count). The van der Waals surface area contributed by atoms with Gasteiger partial charge in [0, 0.05) is 18.7 Å². The highest BCUT2D eigenvalue weighted by molar-refractivity contribution is 7.07. The molecule has 0 radical (unpaired) electrons. The maximum Gasteiger partial charge on any atom is 0.387 e. The van der Waals surface area contributed by atoms with E-state index in [1.165, 1.54) is 5.56 Å². The van der Waals surface area contributed by atoms with Crippen molar-refractivity contribution in [2.24, 2.45) is 4.99 Å². The van der Waals surface area contributed by atoms with E-state index in [0.717, 1.165) is 13.0 Å². The van der Waals surface area contributed by atoms with Gasteiger partial charge < -0.3 is 20.1 Å². The standard InChI is InChI=1S/C19H25F2N3O2S/c1-3-22-19(23-10-8-14-9-11-27-13-14)24-12-15-6-5-7-16(25-4-2)17(15)26-18(20)21/h5-7,9,11,13,18H,3-4,8,10,12H2,1-2H3,(H2,22,23,24). The second-order valence-electron chi connectivity index (χ2n) is 5.56. The number of benzene rings is 1. The van der Waals surface area contributed by atoms with E-state index in [0.29, 0.717) is 30.4 Å². The summed E-state index contributed by atoms with van der Waals surface area (Å²) in [6, 6.07) is 7.14. The first-order valence-electron chi connectivity index (χ1n) is 8.86. The first-order valence-corrected chi connectivity index (χ1v) is 9.81. The number of nitrogens with one attached hydrogen (secondary N) is 2. The Morgan fingerprint density at radius 3 is 2.74 bits per heavy atom. The van der Waals surface area contributed by atoms with Crippen molar-refractivity contribution < 1.29 is 18.3 Å². The lowest BCUT2D eigenvalue weighted by Crippen LogP contribution is -2.38. The number of thiophene rings is 1. The van der Waals surface area contributed by atoms with Gasteiger partial charge in [-0.3, -0.25) is 0 Å². The van der Waals surface area contributed by atoms with Crippen molar-refractivity contribution in [2.45, 2.75) is 33.4 Å². The molecule has 0 aliphatic carbocycles. The molecule has 0 unspecified atom stereocenters. The fourth-order valence-electron chi connectivity index (χ4n) is 2.44. The fraction of sp³-hybridized carbons (Fsp3) is 0.421. The van der Waals surface area contributed by atoms with Crippen molar-refractivity contribution in [3.8, 4) is 11.5 Å². The second-order valence-corrected chi connectivity index (χ2v) is 6.34. The Labute approximate surface area is 162 Å². The van der Waals surface area contributed by atoms with Crippen LogP contribution in [-0.4, -0.2) is 32.3 Å². The average Bonchev–Trinajstić information content (AvgIpc) is 3.15. The van der Waals surface area contributed by atoms with E-state index < -0.39 is 6.61 Å². The van der Waals surface area contributed by atoms with Crippen molar-refractivity contribution in [3.63, 3.8) is 0 Å². The molecule has 148 valence electrons. The molecule has 2 aromatic rings. The number of halogens is 2. The van der Waals surface area contributed by atoms with E-state index >= 15 is 0 Å². The number of nitrogens with zero attached hydrogens (tertiary/aromatic N) is 1. The van der Waals surface area contributed by atoms with Crippen molar-refractivity contribution in [3.05, 3.63) is 46.2 Å². The van der Waals surface area contributed by atoms with Gasteiger partial charge in [0.1, 0.15) is 0 Å². The average molecular weight is 397 g/mol. The minimum absolute atomic E-state index is 0.0345. The number of alkyl halides is 2. The van der Waals surface area contributed by atoms with Crippen LogP contribution in [-0.2, 0) is 13.0 Å². The van der Waals surface area contributed by atoms with Crippen molar-refractivity contribution in [1.82, 2.24) is 10.6 Å². The molecule has 0 aliphatic rings. The molecule has 27 heavy (non-hydrogen) atoms. The molecular formula is C19H25F2N3O2S. The Morgan fingerprint density at radius 1 is 1.22 bits per heavy atom. The molecule has 0 bridgehead atoms. The fourth-order valence-corrected chi connectivity index (χ4v) is 3.15. The number of para-hydroxylation sites is 1. The van der Waals surface area contributed by atoms with Gasteiger partial charge >= 0.3 is 6.61 Å². The van der Waals surface area contributed by atoms with Gasteiger partial charge in [-0.1, -0.05) is 12.1 Å². The molecule has 1 aromatic heterocycles. The van der Waals surface area contributed by atoms with Gasteiger partial charge in [0.2, 0.25) is 0 Å². The van der Waals surface area contributed by atoms with Crippen LogP contribution in [0.25, 0.3) is 0 Å². The first-order chi connectivity index (χ1) is 13.1. The Morgan fingerprint density at radius 2 is 2.07 bits per heavy atom. The molecule has 0 atom stereocenters. The summed E-state index contributed by atoms with van der Waals surface area (Å²) >= 11 is 1.67. The Bertz CT molecular complexity index is 709. The number of guanidine groups is 1. The maximum absolute atomic E-state index is 12.8. The van der Waals surface area contributed by atoms with E-state index in [-0.39, 0.29) is 12.3 Å². The molecule has 0 aliphatic heterocycles. The number of ether oxygens (including phenoxy) is 2. The molecule has 0 fully saturated rings. The number of rotatable bonds is 10. The third-order valence-corrected chi connectivity index (χ3v) is 4.34. The van der Waals surface area contributed by atoms with Gasteiger partial charge in [-0.2, -0.15) is 20.1 Å². The predicted octanol–water partition coefficient (Wildman–Crippen LogP) is 4.05. The highest BCUT2D eigenvalue weighted by Gasteiger charge is 2.15. The van der Waals surface area contributed by atoms with Crippen LogP contribution in [0.2, 0.25) is 0 Å². The van der Waals surface area contributed by atoms with Crippen LogP contribution in [0, 0.1) is 0 Å². The number of hydrogen-bond donors (Lipinski definition) is 2. The quantitative estimate of drug-likeness (QED) is 0.469. The lowest BCUT2D eigenvalue weighted by Gasteiger charge is -2.15. The van der Waals surface area contributed by atoms with E-state index in [9.17, 15) is 8.78 Å². The summed E-state index contributed by atoms with van der Waals surface area (Å²) in [7, 11) is 0. The predicted molar refractivity (Wildman–Crippen MR) is 105 cm³/mol. The van der Waals surface area contributed by atoms with Crippen LogP contribution in [0.3, 0.4) is 0 Å². The largest absolute Gasteiger partial charge is 0.490 e. The summed E-state index contributed by atoms with van der Waals surface area (Å²) in [5, 5.41) is 10.6. The van der Waals surface area contributed by atoms with E-state index in [2.05, 4.69) is 31.8 Å². The molecule has 0 amide bonds. The van der Waals surface area contributed by atoms with Crippen LogP contribution in [0.5, 0.6) is 11.5 Å². The molecule has 0 saturated heterocycles. The van der Waals surface area contributed by atoms with Crippen LogP contribution < -0.4 is 20.1 Å². The van der Waals surface area contributed by atoms with Crippen LogP contribution in [0.1, 0.15) is 25.0 Å². The summed E-state index contributed by atoms with van der Waals surface area (Å²) in [5.41, 5.74) is 1.80. The highest BCUT2D eigenvalue weighted by Crippen LogP contribution is 2.33. The van der Waals surface area contributed by atoms with Crippen molar-refractivity contribution >= 4 is 17.3 Å². The monoisotopic (exact) mass is 397 g/mol. The highest BCUT2D eigenvalue weighted by atomic mass is 32.1. The zero-order chi connectivity index (χ0) is 19.5. The zero-order valence-electron chi connectivity index (χ0n) is 15.5. The smallest absolute Gasteiger partial charge is 0.387 e. The summed E-state index contributed by atoms with van der Waals surface area (Å²) in [6.07, 6.45) is 0.882. The van der Waals surface area contributed by atoms with Gasteiger partial charge in [0.15, 0.2) is 17.5 Å². The SMILES string of the molecule is CCNC(=NCc1cccc(OCC)c1OC(F)F)NCCc1ccsc1. The molecule has 0 saturated carbocycles. The van der Waals surface area contributed by atoms with Gasteiger partial charge in [0.05, 0.1) is 13.2 Å². The topological polar surface area (TPSA) is 54.9 Å². The van der Waals surface area contributed by atoms with Crippen LogP contribution >= 0.6 is 11.3 Å². The van der Waals surface area contributed by atoms with Gasteiger partial charge in [-0.05, 0) is 48.7 Å². The molecule has 5 nitrogen and oxygen atoms in total. The van der Waals surface area contributed by atoms with E-state index in [1.807, 2.05) is 12.3 Å². The second kappa shape index (κ2) is 11.4. The Kier molecular flexibility index (Phi) is 8.83. The normalized spacial score (nSPS) is 11.5. The molecule has 1 heterocycles. The minimum Gasteiger partial charge on any atom is -0.490 e. The minimum atomic E-state index is -2.92. The molecule has 8 heteroatoms. The van der Waals surface area contributed by atoms with Crippen LogP contribution in [0.15, 0.2) is 40.0 Å². The lowest BCUT2D eigenvalue weighted by atomic mass is 10.2. The summed E-state index contributed by atoms with van der Waals surface area (Å²) < 4.78 is 35.7. The maximum atomic E-state index is 12.8. The molecule has 2 N–H and O–H groups in total. The molecular weight excluding hydrogens is 372 g/mol. The first kappa shape index (κ1) is 21.0. The Hall–Kier alpha value is -2.35. The zero-order valence-corrected chi connectivity index (χ0v) is 16.3. The Balaban J connectivity index is 2.07. The summed E-state index contributed by atoms with van der Waals surface area (Å²) in [4.78, 5) is 4.49. The summed E-state index contributed by atoms with van der Waals surface area (Å²) in [6.45, 7) is 2.81. The molecule has 0 spiro atoms.